The van der Waals surface area contributed by atoms with Crippen LogP contribution in [0.1, 0.15) is 17.2 Å². The SMILES string of the molecule is CNC(Cc1ccc(OC)c(OC)c1)c1cnn(C)c1. The van der Waals surface area contributed by atoms with E-state index in [9.17, 15) is 0 Å². The van der Waals surface area contributed by atoms with Gasteiger partial charge in [-0.05, 0) is 31.2 Å². The third kappa shape index (κ3) is 3.11. The Labute approximate surface area is 119 Å². The summed E-state index contributed by atoms with van der Waals surface area (Å²) in [4.78, 5) is 0. The zero-order chi connectivity index (χ0) is 14.5. The number of hydrogen-bond acceptors (Lipinski definition) is 4. The van der Waals surface area contributed by atoms with Crippen molar-refractivity contribution in [2.24, 2.45) is 7.05 Å². The molecule has 0 saturated heterocycles. The maximum Gasteiger partial charge on any atom is 0.160 e. The molecule has 0 amide bonds. The summed E-state index contributed by atoms with van der Waals surface area (Å²) in [6.45, 7) is 0. The van der Waals surface area contributed by atoms with Crippen LogP contribution in [0.5, 0.6) is 11.5 Å². The highest BCUT2D eigenvalue weighted by Gasteiger charge is 2.13. The summed E-state index contributed by atoms with van der Waals surface area (Å²) in [5.41, 5.74) is 2.36. The van der Waals surface area contributed by atoms with E-state index >= 15 is 0 Å². The number of hydrogen-bond donors (Lipinski definition) is 1. The van der Waals surface area contributed by atoms with E-state index in [0.29, 0.717) is 0 Å². The Bertz CT molecular complexity index is 566. The van der Waals surface area contributed by atoms with Crippen molar-refractivity contribution >= 4 is 0 Å². The van der Waals surface area contributed by atoms with E-state index in [0.717, 1.165) is 17.9 Å². The van der Waals surface area contributed by atoms with E-state index in [1.54, 1.807) is 14.2 Å². The van der Waals surface area contributed by atoms with Crippen molar-refractivity contribution in [1.82, 2.24) is 15.1 Å². The molecule has 5 heteroatoms. The number of ether oxygens (including phenoxy) is 2. The van der Waals surface area contributed by atoms with Gasteiger partial charge in [-0.2, -0.15) is 5.10 Å². The Balaban J connectivity index is 2.19. The van der Waals surface area contributed by atoms with E-state index in [-0.39, 0.29) is 6.04 Å². The van der Waals surface area contributed by atoms with Gasteiger partial charge in [-0.25, -0.2) is 0 Å². The second-order valence-corrected chi connectivity index (χ2v) is 4.68. The molecule has 1 aromatic carbocycles. The van der Waals surface area contributed by atoms with Crippen LogP contribution in [0.2, 0.25) is 0 Å². The van der Waals surface area contributed by atoms with Gasteiger partial charge in [0.05, 0.1) is 20.4 Å². The molecule has 5 nitrogen and oxygen atoms in total. The van der Waals surface area contributed by atoms with Gasteiger partial charge in [0.1, 0.15) is 0 Å². The Kier molecular flexibility index (Phi) is 4.63. The topological polar surface area (TPSA) is 48.3 Å². The van der Waals surface area contributed by atoms with Crippen LogP contribution in [0.15, 0.2) is 30.6 Å². The lowest BCUT2D eigenvalue weighted by molar-refractivity contribution is 0.354. The summed E-state index contributed by atoms with van der Waals surface area (Å²) in [5.74, 6) is 1.50. The quantitative estimate of drug-likeness (QED) is 0.875. The minimum absolute atomic E-state index is 0.224. The van der Waals surface area contributed by atoms with Crippen molar-refractivity contribution in [1.29, 1.82) is 0 Å². The molecule has 0 bridgehead atoms. The molecule has 20 heavy (non-hydrogen) atoms. The van der Waals surface area contributed by atoms with Gasteiger partial charge < -0.3 is 14.8 Å². The normalized spacial score (nSPS) is 12.2. The number of methoxy groups -OCH3 is 2. The van der Waals surface area contributed by atoms with E-state index in [2.05, 4.69) is 16.5 Å². The predicted molar refractivity (Wildman–Crippen MR) is 78.3 cm³/mol. The van der Waals surface area contributed by atoms with Crippen LogP contribution in [0, 0.1) is 0 Å². The van der Waals surface area contributed by atoms with Gasteiger partial charge in [0.25, 0.3) is 0 Å². The molecular weight excluding hydrogens is 254 g/mol. The molecule has 2 rings (SSSR count). The Morgan fingerprint density at radius 2 is 2.00 bits per heavy atom. The fraction of sp³-hybridized carbons (Fsp3) is 0.400. The second kappa shape index (κ2) is 6.43. The van der Waals surface area contributed by atoms with Crippen molar-refractivity contribution in [3.63, 3.8) is 0 Å². The monoisotopic (exact) mass is 275 g/mol. The number of rotatable bonds is 6. The van der Waals surface area contributed by atoms with Gasteiger partial charge in [0.2, 0.25) is 0 Å². The smallest absolute Gasteiger partial charge is 0.160 e. The fourth-order valence-corrected chi connectivity index (χ4v) is 2.25. The molecule has 0 radical (unpaired) electrons. The Morgan fingerprint density at radius 3 is 2.55 bits per heavy atom. The Morgan fingerprint density at radius 1 is 1.25 bits per heavy atom. The molecule has 1 aromatic heterocycles. The predicted octanol–water partition coefficient (Wildman–Crippen LogP) is 1.94. The summed E-state index contributed by atoms with van der Waals surface area (Å²) >= 11 is 0. The number of aryl methyl sites for hydroxylation is 1. The van der Waals surface area contributed by atoms with Gasteiger partial charge in [-0.15, -0.1) is 0 Å². The molecule has 0 aliphatic carbocycles. The van der Waals surface area contributed by atoms with E-state index in [1.165, 1.54) is 11.1 Å². The van der Waals surface area contributed by atoms with Crippen LogP contribution in [0.4, 0.5) is 0 Å². The summed E-state index contributed by atoms with van der Waals surface area (Å²) in [7, 11) is 7.17. The molecule has 1 atom stereocenters. The zero-order valence-electron chi connectivity index (χ0n) is 12.4. The molecule has 0 spiro atoms. The van der Waals surface area contributed by atoms with Gasteiger partial charge >= 0.3 is 0 Å². The third-order valence-corrected chi connectivity index (χ3v) is 3.36. The molecule has 0 aliphatic rings. The molecule has 108 valence electrons. The lowest BCUT2D eigenvalue weighted by Gasteiger charge is -2.16. The van der Waals surface area contributed by atoms with Crippen molar-refractivity contribution in [2.75, 3.05) is 21.3 Å². The van der Waals surface area contributed by atoms with Crippen molar-refractivity contribution in [3.05, 3.63) is 41.7 Å². The lowest BCUT2D eigenvalue weighted by Crippen LogP contribution is -2.18. The fourth-order valence-electron chi connectivity index (χ4n) is 2.25. The van der Waals surface area contributed by atoms with Crippen LogP contribution < -0.4 is 14.8 Å². The molecule has 0 aliphatic heterocycles. The number of nitrogens with one attached hydrogen (secondary N) is 1. The van der Waals surface area contributed by atoms with E-state index in [4.69, 9.17) is 9.47 Å². The van der Waals surface area contributed by atoms with Crippen LogP contribution >= 0.6 is 0 Å². The standard InChI is InChI=1S/C15H21N3O2/c1-16-13(12-9-17-18(2)10-12)7-11-5-6-14(19-3)15(8-11)20-4/h5-6,8-10,13,16H,7H2,1-4H3. The first-order valence-corrected chi connectivity index (χ1v) is 6.54. The zero-order valence-corrected chi connectivity index (χ0v) is 12.4. The minimum atomic E-state index is 0.224. The largest absolute Gasteiger partial charge is 0.493 e. The minimum Gasteiger partial charge on any atom is -0.493 e. The first-order chi connectivity index (χ1) is 9.67. The van der Waals surface area contributed by atoms with E-state index < -0.39 is 0 Å². The number of aromatic nitrogens is 2. The van der Waals surface area contributed by atoms with Gasteiger partial charge in [0.15, 0.2) is 11.5 Å². The van der Waals surface area contributed by atoms with Gasteiger partial charge in [-0.1, -0.05) is 6.07 Å². The van der Waals surface area contributed by atoms with Gasteiger partial charge in [0, 0.05) is 24.8 Å². The molecule has 1 heterocycles. The number of nitrogens with zero attached hydrogens (tertiary/aromatic N) is 2. The summed E-state index contributed by atoms with van der Waals surface area (Å²) in [6.07, 6.45) is 4.78. The summed E-state index contributed by atoms with van der Waals surface area (Å²) in [6, 6.07) is 6.23. The molecule has 1 N–H and O–H groups in total. The number of benzene rings is 1. The molecule has 1 unspecified atom stereocenters. The molecule has 0 fully saturated rings. The van der Waals surface area contributed by atoms with Crippen LogP contribution in [-0.4, -0.2) is 31.0 Å². The average molecular weight is 275 g/mol. The lowest BCUT2D eigenvalue weighted by atomic mass is 10.0. The van der Waals surface area contributed by atoms with Crippen molar-refractivity contribution < 1.29 is 9.47 Å². The van der Waals surface area contributed by atoms with Gasteiger partial charge in [-0.3, -0.25) is 4.68 Å². The maximum atomic E-state index is 5.34. The Hall–Kier alpha value is -2.01. The summed E-state index contributed by atoms with van der Waals surface area (Å²) in [5, 5.41) is 7.54. The average Bonchev–Trinajstić information content (AvgIpc) is 2.90. The van der Waals surface area contributed by atoms with Crippen molar-refractivity contribution in [3.8, 4) is 11.5 Å². The highest BCUT2D eigenvalue weighted by molar-refractivity contribution is 5.43. The second-order valence-electron chi connectivity index (χ2n) is 4.68. The molecular formula is C15H21N3O2. The highest BCUT2D eigenvalue weighted by atomic mass is 16.5. The van der Waals surface area contributed by atoms with Crippen LogP contribution in [0.25, 0.3) is 0 Å². The first kappa shape index (κ1) is 14.4. The van der Waals surface area contributed by atoms with E-state index in [1.807, 2.05) is 43.3 Å². The van der Waals surface area contributed by atoms with Crippen LogP contribution in [0.3, 0.4) is 0 Å². The first-order valence-electron chi connectivity index (χ1n) is 6.54. The van der Waals surface area contributed by atoms with Crippen LogP contribution in [-0.2, 0) is 13.5 Å². The molecule has 2 aromatic rings. The third-order valence-electron chi connectivity index (χ3n) is 3.36. The number of likely N-dealkylation sites (N-methyl/N-ethyl adjacent to an activating group) is 1. The molecule has 0 saturated carbocycles. The maximum absolute atomic E-state index is 5.34. The van der Waals surface area contributed by atoms with Crippen molar-refractivity contribution in [2.45, 2.75) is 12.5 Å². The highest BCUT2D eigenvalue weighted by Crippen LogP contribution is 2.29. The summed E-state index contributed by atoms with van der Waals surface area (Å²) < 4.78 is 12.4.